The van der Waals surface area contributed by atoms with Crippen molar-refractivity contribution in [2.75, 3.05) is 19.8 Å². The first-order chi connectivity index (χ1) is 19.8. The van der Waals surface area contributed by atoms with Crippen molar-refractivity contribution in [2.45, 2.75) is 59.0 Å². The summed E-state index contributed by atoms with van der Waals surface area (Å²) in [6.07, 6.45) is 1.76. The first-order valence-corrected chi connectivity index (χ1v) is 13.9. The van der Waals surface area contributed by atoms with Gasteiger partial charge < -0.3 is 19.0 Å². The van der Waals surface area contributed by atoms with E-state index in [4.69, 9.17) is 19.5 Å². The molecular formula is C30H37F3N4O4. The van der Waals surface area contributed by atoms with E-state index >= 15 is 0 Å². The molecule has 8 nitrogen and oxygen atoms in total. The van der Waals surface area contributed by atoms with E-state index in [1.54, 1.807) is 11.0 Å². The zero-order chi connectivity index (χ0) is 29.1. The van der Waals surface area contributed by atoms with Crippen LogP contribution in [0.15, 0.2) is 72.4 Å². The van der Waals surface area contributed by atoms with Crippen LogP contribution in [-0.2, 0) is 22.7 Å². The molecule has 0 unspecified atom stereocenters. The van der Waals surface area contributed by atoms with Crippen molar-refractivity contribution in [1.29, 1.82) is 0 Å². The molecule has 3 aromatic rings. The van der Waals surface area contributed by atoms with Crippen molar-refractivity contribution in [2.24, 2.45) is 22.4 Å². The minimum atomic E-state index is -4.74. The Balaban J connectivity index is 1.48. The molecule has 4 rings (SSSR count). The maximum Gasteiger partial charge on any atom is 0.573 e. The molecule has 11 heteroatoms. The van der Waals surface area contributed by atoms with E-state index in [2.05, 4.69) is 21.7 Å². The molecule has 222 valence electrons. The number of hydrogen-bond donors (Lipinski definition) is 0. The van der Waals surface area contributed by atoms with Crippen LogP contribution in [0, 0.1) is 17.3 Å². The summed E-state index contributed by atoms with van der Waals surface area (Å²) in [6, 6.07) is 15.5. The fourth-order valence-electron chi connectivity index (χ4n) is 5.11. The number of benzene rings is 2. The molecule has 1 aliphatic rings. The quantitative estimate of drug-likeness (QED) is 0.158. The number of aromatic nitrogens is 3. The van der Waals surface area contributed by atoms with Gasteiger partial charge >= 0.3 is 6.36 Å². The number of ether oxygens (including phenoxy) is 3. The smallest absolute Gasteiger partial charge is 0.493 e. The van der Waals surface area contributed by atoms with Crippen molar-refractivity contribution < 1.29 is 32.2 Å². The lowest BCUT2D eigenvalue weighted by Gasteiger charge is -2.43. The molecule has 0 amide bonds. The minimum absolute atomic E-state index is 0.0609. The highest BCUT2D eigenvalue weighted by molar-refractivity contribution is 5.92. The van der Waals surface area contributed by atoms with Crippen LogP contribution in [0.4, 0.5) is 13.2 Å². The van der Waals surface area contributed by atoms with Gasteiger partial charge in [-0.2, -0.15) is 5.10 Å². The van der Waals surface area contributed by atoms with Gasteiger partial charge in [0.1, 0.15) is 30.8 Å². The van der Waals surface area contributed by atoms with Crippen LogP contribution in [0.2, 0.25) is 0 Å². The largest absolute Gasteiger partial charge is 0.573 e. The van der Waals surface area contributed by atoms with Crippen molar-refractivity contribution in [3.63, 3.8) is 0 Å². The molecule has 1 aromatic heterocycles. The van der Waals surface area contributed by atoms with Crippen molar-refractivity contribution >= 4 is 5.71 Å². The Morgan fingerprint density at radius 2 is 1.80 bits per heavy atom. The lowest BCUT2D eigenvalue weighted by atomic mass is 9.63. The minimum Gasteiger partial charge on any atom is -0.493 e. The normalized spacial score (nSPS) is 22.0. The van der Waals surface area contributed by atoms with Gasteiger partial charge in [0.05, 0.1) is 25.5 Å². The van der Waals surface area contributed by atoms with Gasteiger partial charge in [-0.15, -0.1) is 13.2 Å². The van der Waals surface area contributed by atoms with E-state index < -0.39 is 6.36 Å². The summed E-state index contributed by atoms with van der Waals surface area (Å²) in [5.41, 5.74) is 1.81. The molecule has 0 saturated heterocycles. The van der Waals surface area contributed by atoms with Crippen molar-refractivity contribution in [1.82, 2.24) is 14.8 Å². The van der Waals surface area contributed by atoms with Crippen LogP contribution < -0.4 is 9.47 Å². The van der Waals surface area contributed by atoms with Crippen LogP contribution in [0.25, 0.3) is 0 Å². The number of alkyl halides is 3. The van der Waals surface area contributed by atoms with E-state index in [1.165, 1.54) is 30.6 Å². The zero-order valence-corrected chi connectivity index (χ0v) is 23.4. The van der Waals surface area contributed by atoms with Gasteiger partial charge in [0, 0.05) is 23.9 Å². The molecule has 1 heterocycles. The maximum absolute atomic E-state index is 12.5. The van der Waals surface area contributed by atoms with E-state index in [0.717, 1.165) is 37.0 Å². The second-order valence-electron chi connectivity index (χ2n) is 10.5. The Bertz CT molecular complexity index is 1210. The van der Waals surface area contributed by atoms with Gasteiger partial charge in [-0.3, -0.25) is 4.68 Å². The van der Waals surface area contributed by atoms with E-state index in [1.807, 2.05) is 37.3 Å². The summed E-state index contributed by atoms with van der Waals surface area (Å²) < 4.78 is 55.4. The predicted octanol–water partition coefficient (Wildman–Crippen LogP) is 6.68. The van der Waals surface area contributed by atoms with Gasteiger partial charge in [-0.25, -0.2) is 4.98 Å². The second kappa shape index (κ2) is 14.3. The van der Waals surface area contributed by atoms with Gasteiger partial charge in [0.25, 0.3) is 0 Å². The summed E-state index contributed by atoms with van der Waals surface area (Å²) in [5.74, 6) is 0.170. The molecule has 0 N–H and O–H groups in total. The first-order valence-electron chi connectivity index (χ1n) is 13.9. The van der Waals surface area contributed by atoms with Crippen LogP contribution in [0.5, 0.6) is 11.5 Å². The molecule has 0 bridgehead atoms. The van der Waals surface area contributed by atoms with Crippen LogP contribution in [-0.4, -0.2) is 46.7 Å². The highest BCUT2D eigenvalue weighted by Gasteiger charge is 2.45. The van der Waals surface area contributed by atoms with Gasteiger partial charge in [-0.1, -0.05) is 49.3 Å². The average molecular weight is 575 g/mol. The van der Waals surface area contributed by atoms with Gasteiger partial charge in [-0.05, 0) is 55.5 Å². The molecule has 2 aromatic carbocycles. The van der Waals surface area contributed by atoms with Crippen LogP contribution in [0.1, 0.15) is 45.1 Å². The third-order valence-electron chi connectivity index (χ3n) is 7.35. The van der Waals surface area contributed by atoms with E-state index in [0.29, 0.717) is 38.7 Å². The van der Waals surface area contributed by atoms with Crippen molar-refractivity contribution in [3.05, 3.63) is 72.8 Å². The molecule has 3 atom stereocenters. The van der Waals surface area contributed by atoms with Crippen LogP contribution in [0.3, 0.4) is 0 Å². The second-order valence-corrected chi connectivity index (χ2v) is 10.5. The lowest BCUT2D eigenvalue weighted by molar-refractivity contribution is -0.274. The Hall–Kier alpha value is -3.60. The standard InChI is InChI=1S/C30H37F3N4O4/c1-3-16-40-36-28-27(18-37-22-34-21-35-37)24(20-39-25-9-11-26(12-10-25)41-30(31,32)33)13-14-29(28,2)15-17-38-19-23-7-5-4-6-8-23/h4-12,21-22,24,27H,3,13-20H2,1-2H3/t24-,27-,29-/m0/s1. The highest BCUT2D eigenvalue weighted by Crippen LogP contribution is 2.44. The number of oxime groups is 1. The zero-order valence-electron chi connectivity index (χ0n) is 23.4. The molecule has 0 spiro atoms. The third kappa shape index (κ3) is 9.21. The fourth-order valence-corrected chi connectivity index (χ4v) is 5.11. The number of halogens is 3. The molecule has 0 radical (unpaired) electrons. The van der Waals surface area contributed by atoms with Crippen LogP contribution >= 0.6 is 0 Å². The summed E-state index contributed by atoms with van der Waals surface area (Å²) in [6.45, 7) is 6.76. The number of rotatable bonds is 14. The summed E-state index contributed by atoms with van der Waals surface area (Å²) >= 11 is 0. The Kier molecular flexibility index (Phi) is 10.6. The summed E-state index contributed by atoms with van der Waals surface area (Å²) in [5, 5.41) is 9.02. The van der Waals surface area contributed by atoms with Gasteiger partial charge in [0.2, 0.25) is 0 Å². The highest BCUT2D eigenvalue weighted by atomic mass is 19.4. The Morgan fingerprint density at radius 3 is 2.49 bits per heavy atom. The molecule has 41 heavy (non-hydrogen) atoms. The summed E-state index contributed by atoms with van der Waals surface area (Å²) in [4.78, 5) is 9.87. The average Bonchev–Trinajstić information content (AvgIpc) is 3.46. The van der Waals surface area contributed by atoms with E-state index in [9.17, 15) is 13.2 Å². The van der Waals surface area contributed by atoms with E-state index in [-0.39, 0.29) is 23.0 Å². The molecule has 1 fully saturated rings. The fraction of sp³-hybridized carbons (Fsp3) is 0.500. The Labute approximate surface area is 238 Å². The molecule has 1 aliphatic carbocycles. The third-order valence-corrected chi connectivity index (χ3v) is 7.35. The predicted molar refractivity (Wildman–Crippen MR) is 147 cm³/mol. The maximum atomic E-state index is 12.5. The van der Waals surface area contributed by atoms with Crippen molar-refractivity contribution in [3.8, 4) is 11.5 Å². The Morgan fingerprint density at radius 1 is 1.05 bits per heavy atom. The molecular weight excluding hydrogens is 537 g/mol. The SMILES string of the molecule is CCCON=C1[C@@H](Cn2cncn2)[C@H](COc2ccc(OC(F)(F)F)cc2)CC[C@@]1(C)CCOCc1ccccc1. The lowest BCUT2D eigenvalue weighted by Crippen LogP contribution is -2.46. The summed E-state index contributed by atoms with van der Waals surface area (Å²) in [7, 11) is 0. The topological polar surface area (TPSA) is 80.0 Å². The van der Waals surface area contributed by atoms with Gasteiger partial charge in [0.15, 0.2) is 0 Å². The number of nitrogens with zero attached hydrogens (tertiary/aromatic N) is 4. The first kappa shape index (κ1) is 30.4. The monoisotopic (exact) mass is 574 g/mol. The molecule has 0 aliphatic heterocycles. The number of hydrogen-bond acceptors (Lipinski definition) is 7. The molecule has 1 saturated carbocycles.